The second kappa shape index (κ2) is 7.72. The Balaban J connectivity index is 1.87. The summed E-state index contributed by atoms with van der Waals surface area (Å²) < 4.78 is 7.42. The van der Waals surface area contributed by atoms with E-state index in [2.05, 4.69) is 23.2 Å². The molecule has 0 saturated carbocycles. The average molecular weight is 384 g/mol. The summed E-state index contributed by atoms with van der Waals surface area (Å²) in [6, 6.07) is 5.97. The van der Waals surface area contributed by atoms with Crippen LogP contribution in [0.5, 0.6) is 0 Å². The maximum atomic E-state index is 13.0. The molecule has 0 saturated heterocycles. The van der Waals surface area contributed by atoms with E-state index in [0.29, 0.717) is 0 Å². The number of rotatable bonds is 6. The maximum absolute atomic E-state index is 13.0. The van der Waals surface area contributed by atoms with E-state index in [1.54, 1.807) is 6.26 Å². The molecule has 0 bridgehead atoms. The molecule has 0 spiro atoms. The van der Waals surface area contributed by atoms with Crippen molar-refractivity contribution in [2.24, 2.45) is 0 Å². The molecule has 0 aliphatic carbocycles. The van der Waals surface area contributed by atoms with E-state index in [1.165, 1.54) is 17.3 Å². The number of carbonyl (C=O) groups excluding carboxylic acids is 1. The van der Waals surface area contributed by atoms with Crippen LogP contribution in [-0.2, 0) is 6.54 Å². The number of nitrogens with zero attached hydrogens (tertiary/aromatic N) is 3. The van der Waals surface area contributed by atoms with Crippen molar-refractivity contribution in [3.05, 3.63) is 52.5 Å². The first-order valence-electron chi connectivity index (χ1n) is 9.09. The zero-order valence-corrected chi connectivity index (χ0v) is 17.5. The van der Waals surface area contributed by atoms with Crippen LogP contribution in [0.1, 0.15) is 46.7 Å². The number of aromatic nitrogens is 3. The third-order valence-corrected chi connectivity index (χ3v) is 5.97. The SMILES string of the molecule is CCn1c(SC(C)C(=O)c2cc(C)c(C)cc2C)nnc1-c1ccoc1C. The largest absolute Gasteiger partial charge is 0.469 e. The minimum absolute atomic E-state index is 0.118. The van der Waals surface area contributed by atoms with Gasteiger partial charge in [0.2, 0.25) is 0 Å². The van der Waals surface area contributed by atoms with Crippen LogP contribution in [-0.4, -0.2) is 25.8 Å². The van der Waals surface area contributed by atoms with Crippen molar-refractivity contribution in [2.75, 3.05) is 0 Å². The quantitative estimate of drug-likeness (QED) is 0.435. The highest BCUT2D eigenvalue weighted by Gasteiger charge is 2.23. The van der Waals surface area contributed by atoms with Crippen LogP contribution < -0.4 is 0 Å². The first kappa shape index (κ1) is 19.4. The van der Waals surface area contributed by atoms with Gasteiger partial charge in [-0.3, -0.25) is 4.79 Å². The molecule has 0 amide bonds. The normalized spacial score (nSPS) is 12.4. The molecular weight excluding hydrogens is 358 g/mol. The summed E-state index contributed by atoms with van der Waals surface area (Å²) in [6.45, 7) is 12.7. The van der Waals surface area contributed by atoms with Gasteiger partial charge in [0, 0.05) is 12.1 Å². The average Bonchev–Trinajstić information content (AvgIpc) is 3.22. The summed E-state index contributed by atoms with van der Waals surface area (Å²) in [7, 11) is 0. The van der Waals surface area contributed by atoms with Crippen LogP contribution in [0.4, 0.5) is 0 Å². The van der Waals surface area contributed by atoms with Crippen molar-refractivity contribution >= 4 is 17.5 Å². The maximum Gasteiger partial charge on any atom is 0.192 e. The van der Waals surface area contributed by atoms with Crippen molar-refractivity contribution in [1.82, 2.24) is 14.8 Å². The summed E-state index contributed by atoms with van der Waals surface area (Å²) in [5, 5.41) is 9.17. The molecule has 2 heterocycles. The fourth-order valence-electron chi connectivity index (χ4n) is 3.13. The number of thioether (sulfide) groups is 1. The predicted molar refractivity (Wildman–Crippen MR) is 108 cm³/mol. The van der Waals surface area contributed by atoms with Crippen LogP contribution in [0.2, 0.25) is 0 Å². The van der Waals surface area contributed by atoms with Gasteiger partial charge in [-0.05, 0) is 70.4 Å². The Hall–Kier alpha value is -2.34. The molecular formula is C21H25N3O2S. The van der Waals surface area contributed by atoms with E-state index in [1.807, 2.05) is 51.3 Å². The standard InChI is InChI=1S/C21H25N3O2S/c1-7-24-20(17-8-9-26-15(17)5)22-23-21(24)27-16(6)19(25)18-11-13(3)12(2)10-14(18)4/h8-11,16H,7H2,1-6H3. The highest BCUT2D eigenvalue weighted by molar-refractivity contribution is 8.00. The zero-order valence-electron chi connectivity index (χ0n) is 16.7. The Kier molecular flexibility index (Phi) is 5.56. The number of furan rings is 1. The third kappa shape index (κ3) is 3.72. The van der Waals surface area contributed by atoms with Gasteiger partial charge in [-0.25, -0.2) is 0 Å². The molecule has 1 unspecified atom stereocenters. The Labute approximate surface area is 164 Å². The predicted octanol–water partition coefficient (Wildman–Crippen LogP) is 5.16. The number of benzene rings is 1. The molecule has 0 radical (unpaired) electrons. The van der Waals surface area contributed by atoms with Crippen LogP contribution in [0, 0.1) is 27.7 Å². The first-order valence-corrected chi connectivity index (χ1v) is 9.97. The monoisotopic (exact) mass is 383 g/mol. The Morgan fingerprint density at radius 2 is 1.85 bits per heavy atom. The Morgan fingerprint density at radius 3 is 2.48 bits per heavy atom. The number of hydrogen-bond donors (Lipinski definition) is 0. The van der Waals surface area contributed by atoms with Crippen LogP contribution in [0.15, 0.2) is 34.0 Å². The van der Waals surface area contributed by atoms with E-state index in [4.69, 9.17) is 4.42 Å². The summed E-state index contributed by atoms with van der Waals surface area (Å²) in [4.78, 5) is 13.0. The van der Waals surface area contributed by atoms with Crippen molar-refractivity contribution in [3.63, 3.8) is 0 Å². The number of carbonyl (C=O) groups is 1. The van der Waals surface area contributed by atoms with Crippen molar-refractivity contribution in [3.8, 4) is 11.4 Å². The van der Waals surface area contributed by atoms with E-state index in [9.17, 15) is 4.79 Å². The topological polar surface area (TPSA) is 60.9 Å². The highest BCUT2D eigenvalue weighted by Crippen LogP contribution is 2.30. The van der Waals surface area contributed by atoms with E-state index < -0.39 is 0 Å². The van der Waals surface area contributed by atoms with Crippen molar-refractivity contribution in [2.45, 2.75) is 58.5 Å². The molecule has 0 aliphatic heterocycles. The number of aryl methyl sites for hydroxylation is 4. The van der Waals surface area contributed by atoms with Crippen LogP contribution in [0.25, 0.3) is 11.4 Å². The smallest absolute Gasteiger partial charge is 0.192 e. The van der Waals surface area contributed by atoms with Crippen molar-refractivity contribution in [1.29, 1.82) is 0 Å². The molecule has 0 aliphatic rings. The number of hydrogen-bond acceptors (Lipinski definition) is 5. The van der Waals surface area contributed by atoms with Gasteiger partial charge in [0.15, 0.2) is 16.8 Å². The van der Waals surface area contributed by atoms with Gasteiger partial charge in [0.25, 0.3) is 0 Å². The lowest BCUT2D eigenvalue weighted by atomic mass is 9.97. The number of Topliss-reactive ketones (excluding diaryl/α,β-unsaturated/α-hetero) is 1. The molecule has 3 aromatic rings. The lowest BCUT2D eigenvalue weighted by molar-refractivity contribution is 0.0993. The zero-order chi connectivity index (χ0) is 19.7. The Morgan fingerprint density at radius 1 is 1.15 bits per heavy atom. The van der Waals surface area contributed by atoms with Crippen LogP contribution in [0.3, 0.4) is 0 Å². The van der Waals surface area contributed by atoms with Gasteiger partial charge in [-0.15, -0.1) is 10.2 Å². The summed E-state index contributed by atoms with van der Waals surface area (Å²) in [6.07, 6.45) is 1.65. The van der Waals surface area contributed by atoms with Gasteiger partial charge < -0.3 is 8.98 Å². The molecule has 6 heteroatoms. The number of ketones is 1. The molecule has 5 nitrogen and oxygen atoms in total. The highest BCUT2D eigenvalue weighted by atomic mass is 32.2. The van der Waals surface area contributed by atoms with Gasteiger partial charge in [0.05, 0.1) is 17.1 Å². The molecule has 2 aromatic heterocycles. The molecule has 1 aromatic carbocycles. The lowest BCUT2D eigenvalue weighted by Gasteiger charge is -2.14. The third-order valence-electron chi connectivity index (χ3n) is 4.89. The Bertz CT molecular complexity index is 987. The van der Waals surface area contributed by atoms with Gasteiger partial charge in [-0.2, -0.15) is 0 Å². The lowest BCUT2D eigenvalue weighted by Crippen LogP contribution is -2.16. The fraction of sp³-hybridized carbons (Fsp3) is 0.381. The van der Waals surface area contributed by atoms with Gasteiger partial charge in [-0.1, -0.05) is 17.8 Å². The summed E-state index contributed by atoms with van der Waals surface area (Å²) >= 11 is 1.45. The molecule has 0 fully saturated rings. The first-order chi connectivity index (χ1) is 12.8. The van der Waals surface area contributed by atoms with E-state index in [-0.39, 0.29) is 11.0 Å². The van der Waals surface area contributed by atoms with E-state index in [0.717, 1.165) is 45.5 Å². The fourth-order valence-corrected chi connectivity index (χ4v) is 4.11. The summed E-state index contributed by atoms with van der Waals surface area (Å²) in [5.74, 6) is 1.70. The molecule has 27 heavy (non-hydrogen) atoms. The molecule has 142 valence electrons. The van der Waals surface area contributed by atoms with E-state index >= 15 is 0 Å². The second-order valence-corrected chi connectivity index (χ2v) is 8.12. The molecule has 3 rings (SSSR count). The van der Waals surface area contributed by atoms with Crippen molar-refractivity contribution < 1.29 is 9.21 Å². The van der Waals surface area contributed by atoms with Crippen LogP contribution >= 0.6 is 11.8 Å². The minimum Gasteiger partial charge on any atom is -0.469 e. The molecule has 1 atom stereocenters. The summed E-state index contributed by atoms with van der Waals surface area (Å²) in [5.41, 5.74) is 5.07. The minimum atomic E-state index is -0.251. The second-order valence-electron chi connectivity index (χ2n) is 6.82. The van der Waals surface area contributed by atoms with Gasteiger partial charge >= 0.3 is 0 Å². The van der Waals surface area contributed by atoms with Gasteiger partial charge in [0.1, 0.15) is 5.76 Å². The molecule has 0 N–H and O–H groups in total.